The molecule has 4 rings (SSSR count). The van der Waals surface area contributed by atoms with Gasteiger partial charge in [-0.2, -0.15) is 10.5 Å². The minimum atomic E-state index is 0.239. The summed E-state index contributed by atoms with van der Waals surface area (Å²) < 4.78 is 0. The van der Waals surface area contributed by atoms with E-state index in [1.165, 1.54) is 11.1 Å². The second-order valence-electron chi connectivity index (χ2n) is 6.32. The second-order valence-corrected chi connectivity index (χ2v) is 6.73. The molecule has 4 heteroatoms. The van der Waals surface area contributed by atoms with Gasteiger partial charge < -0.3 is 5.73 Å². The zero-order valence-electron chi connectivity index (χ0n) is 13.9. The van der Waals surface area contributed by atoms with Crippen molar-refractivity contribution in [1.29, 1.82) is 10.5 Å². The number of anilines is 1. The van der Waals surface area contributed by atoms with Crippen molar-refractivity contribution in [2.24, 2.45) is 0 Å². The zero-order valence-corrected chi connectivity index (χ0v) is 14.6. The van der Waals surface area contributed by atoms with E-state index in [0.29, 0.717) is 29.0 Å². The minimum absolute atomic E-state index is 0.239. The van der Waals surface area contributed by atoms with Gasteiger partial charge in [0.25, 0.3) is 0 Å². The predicted octanol–water partition coefficient (Wildman–Crippen LogP) is 4.83. The molecule has 0 bridgehead atoms. The van der Waals surface area contributed by atoms with E-state index in [2.05, 4.69) is 24.3 Å². The van der Waals surface area contributed by atoms with Gasteiger partial charge in [-0.1, -0.05) is 54.1 Å². The van der Waals surface area contributed by atoms with Crippen LogP contribution in [-0.2, 0) is 12.8 Å². The van der Waals surface area contributed by atoms with Crippen molar-refractivity contribution in [1.82, 2.24) is 0 Å². The number of nitrogens with zero attached hydrogens (tertiary/aromatic N) is 2. The Bertz CT molecular complexity index is 1130. The smallest absolute Gasteiger partial charge is 0.102 e. The summed E-state index contributed by atoms with van der Waals surface area (Å²) in [5.41, 5.74) is 13.0. The summed E-state index contributed by atoms with van der Waals surface area (Å²) in [4.78, 5) is 0. The van der Waals surface area contributed by atoms with Gasteiger partial charge in [-0.3, -0.25) is 0 Å². The van der Waals surface area contributed by atoms with Gasteiger partial charge in [0.15, 0.2) is 0 Å². The molecule has 3 nitrogen and oxygen atoms in total. The Labute approximate surface area is 156 Å². The molecular weight excluding hydrogens is 342 g/mol. The molecule has 3 aromatic rings. The quantitative estimate of drug-likeness (QED) is 0.497. The Morgan fingerprint density at radius 3 is 2.00 bits per heavy atom. The third-order valence-electron chi connectivity index (χ3n) is 4.98. The number of hydrogen-bond donors (Lipinski definition) is 1. The van der Waals surface area contributed by atoms with Crippen LogP contribution in [0.15, 0.2) is 48.5 Å². The summed E-state index contributed by atoms with van der Waals surface area (Å²) in [5.74, 6) is 0. The average molecular weight is 356 g/mol. The Morgan fingerprint density at radius 1 is 0.808 bits per heavy atom. The molecule has 2 N–H and O–H groups in total. The molecule has 0 saturated heterocycles. The first-order valence-electron chi connectivity index (χ1n) is 8.24. The minimum Gasteiger partial charge on any atom is -0.397 e. The summed E-state index contributed by atoms with van der Waals surface area (Å²) in [5, 5.41) is 20.0. The Hall–Kier alpha value is -3.27. The fourth-order valence-electron chi connectivity index (χ4n) is 3.75. The van der Waals surface area contributed by atoms with Crippen LogP contribution in [0.4, 0.5) is 5.69 Å². The first kappa shape index (κ1) is 16.2. The lowest BCUT2D eigenvalue weighted by molar-refractivity contribution is 0.997. The molecule has 0 radical (unpaired) electrons. The van der Waals surface area contributed by atoms with Crippen LogP contribution in [0, 0.1) is 22.7 Å². The standard InChI is InChI=1S/C22H14ClN3/c23-20-8-4-3-7-15(20)21-17-10-14-6-2-1-5-13(14)9-16(17)18(11-24)22(26)19(21)12-25/h1-8H,9-10,26H2. The van der Waals surface area contributed by atoms with E-state index < -0.39 is 0 Å². The fraction of sp³-hybridized carbons (Fsp3) is 0.0909. The van der Waals surface area contributed by atoms with Crippen molar-refractivity contribution >= 4 is 17.3 Å². The van der Waals surface area contributed by atoms with Gasteiger partial charge in [0.05, 0.1) is 16.8 Å². The summed E-state index contributed by atoms with van der Waals surface area (Å²) in [6.45, 7) is 0. The van der Waals surface area contributed by atoms with Gasteiger partial charge in [-0.25, -0.2) is 0 Å². The Morgan fingerprint density at radius 2 is 1.38 bits per heavy atom. The van der Waals surface area contributed by atoms with Gasteiger partial charge in [0, 0.05) is 16.1 Å². The van der Waals surface area contributed by atoms with Crippen LogP contribution in [0.5, 0.6) is 0 Å². The predicted molar refractivity (Wildman–Crippen MR) is 103 cm³/mol. The second kappa shape index (κ2) is 6.23. The first-order chi connectivity index (χ1) is 12.7. The summed E-state index contributed by atoms with van der Waals surface area (Å²) >= 11 is 6.44. The lowest BCUT2D eigenvalue weighted by Gasteiger charge is -2.26. The monoisotopic (exact) mass is 355 g/mol. The normalized spacial score (nSPS) is 11.8. The van der Waals surface area contributed by atoms with Crippen LogP contribution in [0.25, 0.3) is 11.1 Å². The highest BCUT2D eigenvalue weighted by Gasteiger charge is 2.28. The molecule has 0 unspecified atom stereocenters. The lowest BCUT2D eigenvalue weighted by Crippen LogP contribution is -2.14. The van der Waals surface area contributed by atoms with Crippen LogP contribution in [0.3, 0.4) is 0 Å². The van der Waals surface area contributed by atoms with Gasteiger partial charge >= 0.3 is 0 Å². The van der Waals surface area contributed by atoms with Crippen molar-refractivity contribution in [3.8, 4) is 23.3 Å². The van der Waals surface area contributed by atoms with Crippen molar-refractivity contribution in [2.75, 3.05) is 5.73 Å². The van der Waals surface area contributed by atoms with Crippen molar-refractivity contribution in [3.05, 3.63) is 86.9 Å². The van der Waals surface area contributed by atoms with Crippen LogP contribution in [0.1, 0.15) is 33.4 Å². The third-order valence-corrected chi connectivity index (χ3v) is 5.31. The first-order valence-corrected chi connectivity index (χ1v) is 8.62. The molecule has 1 aliphatic carbocycles. The van der Waals surface area contributed by atoms with Gasteiger partial charge in [-0.15, -0.1) is 0 Å². The van der Waals surface area contributed by atoms with Gasteiger partial charge in [-0.05, 0) is 41.2 Å². The maximum absolute atomic E-state index is 9.79. The van der Waals surface area contributed by atoms with Crippen molar-refractivity contribution in [3.63, 3.8) is 0 Å². The lowest BCUT2D eigenvalue weighted by atomic mass is 9.77. The molecule has 0 heterocycles. The molecule has 0 amide bonds. The SMILES string of the molecule is N#Cc1c(N)c(C#N)c(-c2ccccc2Cl)c2c1Cc1ccccc1C2. The topological polar surface area (TPSA) is 73.6 Å². The largest absolute Gasteiger partial charge is 0.397 e. The van der Waals surface area contributed by atoms with Crippen LogP contribution < -0.4 is 5.73 Å². The highest BCUT2D eigenvalue weighted by Crippen LogP contribution is 2.43. The van der Waals surface area contributed by atoms with E-state index in [9.17, 15) is 10.5 Å². The van der Waals surface area contributed by atoms with E-state index >= 15 is 0 Å². The maximum atomic E-state index is 9.79. The molecule has 26 heavy (non-hydrogen) atoms. The molecule has 0 saturated carbocycles. The number of hydrogen-bond acceptors (Lipinski definition) is 3. The summed E-state index contributed by atoms with van der Waals surface area (Å²) in [6.07, 6.45) is 1.28. The van der Waals surface area contributed by atoms with Crippen LogP contribution in [-0.4, -0.2) is 0 Å². The number of nitrogen functional groups attached to an aromatic ring is 1. The molecule has 3 aromatic carbocycles. The number of fused-ring (bicyclic) bond motifs is 2. The average Bonchev–Trinajstić information content (AvgIpc) is 2.66. The number of rotatable bonds is 1. The van der Waals surface area contributed by atoms with Gasteiger partial charge in [0.2, 0.25) is 0 Å². The van der Waals surface area contributed by atoms with Gasteiger partial charge in [0.1, 0.15) is 12.1 Å². The van der Waals surface area contributed by atoms with E-state index in [4.69, 9.17) is 17.3 Å². The zero-order chi connectivity index (χ0) is 18.3. The molecule has 0 aliphatic heterocycles. The molecule has 0 spiro atoms. The highest BCUT2D eigenvalue weighted by molar-refractivity contribution is 6.33. The summed E-state index contributed by atoms with van der Waals surface area (Å²) in [7, 11) is 0. The molecule has 0 aromatic heterocycles. The number of nitrogens with two attached hydrogens (primary N) is 1. The molecule has 1 aliphatic rings. The Kier molecular flexibility index (Phi) is 3.88. The summed E-state index contributed by atoms with van der Waals surface area (Å²) in [6, 6.07) is 20.0. The number of halogens is 1. The van der Waals surface area contributed by atoms with Crippen LogP contribution in [0.2, 0.25) is 5.02 Å². The van der Waals surface area contributed by atoms with E-state index in [0.717, 1.165) is 22.3 Å². The van der Waals surface area contributed by atoms with Crippen molar-refractivity contribution < 1.29 is 0 Å². The van der Waals surface area contributed by atoms with E-state index in [-0.39, 0.29) is 5.69 Å². The molecule has 124 valence electrons. The molecule has 0 fully saturated rings. The fourth-order valence-corrected chi connectivity index (χ4v) is 3.98. The molecular formula is C22H14ClN3. The van der Waals surface area contributed by atoms with Crippen molar-refractivity contribution in [2.45, 2.75) is 12.8 Å². The molecule has 0 atom stereocenters. The highest BCUT2D eigenvalue weighted by atomic mass is 35.5. The maximum Gasteiger partial charge on any atom is 0.102 e. The number of benzene rings is 3. The van der Waals surface area contributed by atoms with E-state index in [1.807, 2.05) is 30.3 Å². The van der Waals surface area contributed by atoms with E-state index in [1.54, 1.807) is 6.07 Å². The third kappa shape index (κ3) is 2.34. The van der Waals surface area contributed by atoms with Crippen LogP contribution >= 0.6 is 11.6 Å². The Balaban J connectivity index is 2.11. The number of nitriles is 2.